The van der Waals surface area contributed by atoms with E-state index in [0.29, 0.717) is 0 Å². The van der Waals surface area contributed by atoms with Crippen LogP contribution < -0.4 is 4.31 Å². The summed E-state index contributed by atoms with van der Waals surface area (Å²) in [5.41, 5.74) is 0.238. The van der Waals surface area contributed by atoms with Crippen LogP contribution >= 0.6 is 34.8 Å². The second-order valence-corrected chi connectivity index (χ2v) is 6.13. The highest BCUT2D eigenvalue weighted by atomic mass is 35.5. The lowest BCUT2D eigenvalue weighted by Crippen LogP contribution is -2.20. The van der Waals surface area contributed by atoms with E-state index in [1.165, 1.54) is 36.4 Å². The number of carboxylic acids is 1. The number of aromatic carboxylic acids is 1. The molecular weight excluding hydrogens is 373 g/mol. The molecule has 22 heavy (non-hydrogen) atoms. The van der Waals surface area contributed by atoms with E-state index < -0.39 is 17.2 Å². The van der Waals surface area contributed by atoms with Gasteiger partial charge in [-0.25, -0.2) is 4.79 Å². The summed E-state index contributed by atoms with van der Waals surface area (Å²) in [6, 6.07) is 7.93. The summed E-state index contributed by atoms with van der Waals surface area (Å²) in [6.45, 7) is 0. The van der Waals surface area contributed by atoms with Crippen molar-refractivity contribution in [2.45, 2.75) is 0 Å². The van der Waals surface area contributed by atoms with Gasteiger partial charge in [0.15, 0.2) is 0 Å². The molecule has 5 nitrogen and oxygen atoms in total. The predicted molar refractivity (Wildman–Crippen MR) is 85.9 cm³/mol. The second kappa shape index (κ2) is 6.85. The molecule has 0 aromatic heterocycles. The second-order valence-electron chi connectivity index (χ2n) is 4.08. The molecule has 0 radical (unpaired) electrons. The molecule has 2 aromatic carbocycles. The molecule has 9 heteroatoms. The number of carbonyl (C=O) groups is 1. The van der Waals surface area contributed by atoms with Crippen LogP contribution in [0.5, 0.6) is 0 Å². The zero-order valence-electron chi connectivity index (χ0n) is 10.6. The number of nitrogens with zero attached hydrogens (tertiary/aromatic N) is 1. The van der Waals surface area contributed by atoms with E-state index in [1.807, 2.05) is 0 Å². The molecule has 1 unspecified atom stereocenters. The first kappa shape index (κ1) is 17.1. The molecule has 0 aliphatic carbocycles. The van der Waals surface area contributed by atoms with Gasteiger partial charge in [0.05, 0.1) is 38.2 Å². The Morgan fingerprint density at radius 2 is 1.59 bits per heavy atom. The van der Waals surface area contributed by atoms with Gasteiger partial charge in [0, 0.05) is 5.02 Å². The molecule has 2 rings (SSSR count). The molecule has 0 aliphatic rings. The van der Waals surface area contributed by atoms with Crippen molar-refractivity contribution >= 4 is 63.4 Å². The summed E-state index contributed by atoms with van der Waals surface area (Å²) < 4.78 is 24.0. The molecule has 2 aromatic rings. The van der Waals surface area contributed by atoms with E-state index in [2.05, 4.69) is 0 Å². The van der Waals surface area contributed by atoms with Gasteiger partial charge >= 0.3 is 5.97 Å². The van der Waals surface area contributed by atoms with Crippen LogP contribution in [0.1, 0.15) is 10.4 Å². The Bertz CT molecular complexity index is 728. The van der Waals surface area contributed by atoms with Crippen molar-refractivity contribution in [1.29, 1.82) is 0 Å². The van der Waals surface area contributed by atoms with Gasteiger partial charge in [0.25, 0.3) is 0 Å². The molecule has 0 heterocycles. The average Bonchev–Trinajstić information content (AvgIpc) is 2.42. The lowest BCUT2D eigenvalue weighted by atomic mass is 10.2. The average molecular weight is 380 g/mol. The van der Waals surface area contributed by atoms with E-state index in [9.17, 15) is 13.6 Å². The van der Waals surface area contributed by atoms with E-state index in [0.717, 1.165) is 4.31 Å². The maximum atomic E-state index is 11.6. The minimum atomic E-state index is -2.73. The minimum absolute atomic E-state index is 0.0219. The number of carboxylic acid groups (broad SMARTS) is 1. The lowest BCUT2D eigenvalue weighted by molar-refractivity contribution is 0.0697. The molecule has 1 N–H and O–H groups in total. The van der Waals surface area contributed by atoms with Gasteiger partial charge in [-0.1, -0.05) is 34.8 Å². The SMILES string of the molecule is O=C(O)c1ccc(N(c2c(Cl)cc(Cl)cc2Cl)S(=O)[O-])cc1. The Hall–Kier alpha value is -1.31. The van der Waals surface area contributed by atoms with Crippen LogP contribution in [0.15, 0.2) is 36.4 Å². The normalized spacial score (nSPS) is 12.0. The Morgan fingerprint density at radius 3 is 2.00 bits per heavy atom. The van der Waals surface area contributed by atoms with Gasteiger partial charge in [0.2, 0.25) is 0 Å². The van der Waals surface area contributed by atoms with Crippen LogP contribution in [0.2, 0.25) is 15.1 Å². The predicted octanol–water partition coefficient (Wildman–Crippen LogP) is 4.28. The first-order chi connectivity index (χ1) is 10.3. The highest BCUT2D eigenvalue weighted by Gasteiger charge is 2.19. The van der Waals surface area contributed by atoms with Gasteiger partial charge in [0.1, 0.15) is 0 Å². The van der Waals surface area contributed by atoms with Gasteiger partial charge < -0.3 is 9.66 Å². The van der Waals surface area contributed by atoms with Crippen molar-refractivity contribution in [2.24, 2.45) is 0 Å². The maximum absolute atomic E-state index is 11.6. The third-order valence-corrected chi connectivity index (χ3v) is 4.17. The quantitative estimate of drug-likeness (QED) is 0.804. The molecule has 0 saturated heterocycles. The Balaban J connectivity index is 2.56. The molecule has 116 valence electrons. The van der Waals surface area contributed by atoms with Gasteiger partial charge in [-0.2, -0.15) is 0 Å². The first-order valence-electron chi connectivity index (χ1n) is 5.68. The molecule has 0 saturated carbocycles. The van der Waals surface area contributed by atoms with Crippen molar-refractivity contribution in [2.75, 3.05) is 4.31 Å². The third kappa shape index (κ3) is 3.53. The zero-order valence-corrected chi connectivity index (χ0v) is 13.7. The Kier molecular flexibility index (Phi) is 5.31. The molecule has 0 aliphatic heterocycles. The number of benzene rings is 2. The van der Waals surface area contributed by atoms with Crippen molar-refractivity contribution in [3.8, 4) is 0 Å². The number of hydrogen-bond donors (Lipinski definition) is 1. The van der Waals surface area contributed by atoms with E-state index >= 15 is 0 Å². The summed E-state index contributed by atoms with van der Waals surface area (Å²) >= 11 is 15.1. The Morgan fingerprint density at radius 1 is 1.09 bits per heavy atom. The summed E-state index contributed by atoms with van der Waals surface area (Å²) in [6.07, 6.45) is 0. The van der Waals surface area contributed by atoms with Gasteiger partial charge in [-0.15, -0.1) is 0 Å². The van der Waals surface area contributed by atoms with Crippen molar-refractivity contribution in [1.82, 2.24) is 0 Å². The van der Waals surface area contributed by atoms with E-state index in [1.54, 1.807) is 0 Å². The number of hydrogen-bond acceptors (Lipinski definition) is 3. The van der Waals surface area contributed by atoms with Crippen molar-refractivity contribution in [3.05, 3.63) is 57.0 Å². The van der Waals surface area contributed by atoms with E-state index in [4.69, 9.17) is 39.9 Å². The standard InChI is InChI=1S/C13H8Cl3NO4S/c14-8-5-10(15)12(11(16)6-8)17(22(20)21)9-3-1-7(2-4-9)13(18)19/h1-6H,(H,18,19)(H,20,21)/p-1. The Labute approximate surface area is 143 Å². The molecular formula is C13H7Cl3NO4S-. The summed E-state index contributed by atoms with van der Waals surface area (Å²) in [5.74, 6) is -1.12. The maximum Gasteiger partial charge on any atom is 0.335 e. The number of halogens is 3. The monoisotopic (exact) mass is 378 g/mol. The molecule has 0 bridgehead atoms. The van der Waals surface area contributed by atoms with Crippen LogP contribution in [0, 0.1) is 0 Å². The number of anilines is 2. The summed E-state index contributed by atoms with van der Waals surface area (Å²) in [7, 11) is 0. The molecule has 1 atom stereocenters. The third-order valence-electron chi connectivity index (χ3n) is 2.68. The molecule has 0 spiro atoms. The number of rotatable bonds is 4. The highest BCUT2D eigenvalue weighted by Crippen LogP contribution is 2.40. The largest absolute Gasteiger partial charge is 0.755 e. The first-order valence-corrected chi connectivity index (χ1v) is 7.85. The van der Waals surface area contributed by atoms with Crippen molar-refractivity contribution < 1.29 is 18.7 Å². The fourth-order valence-corrected chi connectivity index (χ4v) is 3.48. The minimum Gasteiger partial charge on any atom is -0.755 e. The molecule has 0 fully saturated rings. The fourth-order valence-electron chi connectivity index (χ4n) is 1.76. The van der Waals surface area contributed by atoms with Crippen LogP contribution in [-0.4, -0.2) is 19.8 Å². The van der Waals surface area contributed by atoms with Gasteiger partial charge in [-0.3, -0.25) is 8.51 Å². The topological polar surface area (TPSA) is 80.7 Å². The van der Waals surface area contributed by atoms with Gasteiger partial charge in [-0.05, 0) is 36.4 Å². The summed E-state index contributed by atoms with van der Waals surface area (Å²) in [4.78, 5) is 10.8. The fraction of sp³-hybridized carbons (Fsp3) is 0. The van der Waals surface area contributed by atoms with Crippen LogP contribution in [0.25, 0.3) is 0 Å². The van der Waals surface area contributed by atoms with Crippen LogP contribution in [0.4, 0.5) is 11.4 Å². The van der Waals surface area contributed by atoms with Crippen LogP contribution in [0.3, 0.4) is 0 Å². The smallest absolute Gasteiger partial charge is 0.335 e. The lowest BCUT2D eigenvalue weighted by Gasteiger charge is -2.28. The molecule has 0 amide bonds. The highest BCUT2D eigenvalue weighted by molar-refractivity contribution is 7.81. The van der Waals surface area contributed by atoms with E-state index in [-0.39, 0.29) is 32.0 Å². The van der Waals surface area contributed by atoms with Crippen molar-refractivity contribution in [3.63, 3.8) is 0 Å². The zero-order chi connectivity index (χ0) is 16.4. The summed E-state index contributed by atoms with van der Waals surface area (Å²) in [5, 5.41) is 9.22. The van der Waals surface area contributed by atoms with Crippen LogP contribution in [-0.2, 0) is 11.3 Å².